The van der Waals surface area contributed by atoms with Crippen molar-refractivity contribution in [1.29, 1.82) is 0 Å². The van der Waals surface area contributed by atoms with Gasteiger partial charge in [0.15, 0.2) is 5.13 Å². The molecule has 0 atom stereocenters. The Labute approximate surface area is 227 Å². The number of rotatable bonds is 10. The molecule has 0 radical (unpaired) electrons. The number of aromatic nitrogens is 3. The largest absolute Gasteiger partial charge is 0.335 e. The number of hydrogen-bond donors (Lipinski definition) is 1. The Balaban J connectivity index is 1.49. The van der Waals surface area contributed by atoms with Crippen LogP contribution in [0.5, 0.6) is 0 Å². The molecule has 200 valence electrons. The predicted molar refractivity (Wildman–Crippen MR) is 154 cm³/mol. The highest BCUT2D eigenvalue weighted by molar-refractivity contribution is 7.53. The van der Waals surface area contributed by atoms with Crippen LogP contribution in [0.1, 0.15) is 50.8 Å². The van der Waals surface area contributed by atoms with Gasteiger partial charge in [0.25, 0.3) is 0 Å². The molecule has 0 fully saturated rings. The topological polar surface area (TPSA) is 95.3 Å². The lowest BCUT2D eigenvalue weighted by atomic mass is 9.91. The van der Waals surface area contributed by atoms with Gasteiger partial charge in [0.05, 0.1) is 41.0 Å². The third-order valence-corrected chi connectivity index (χ3v) is 8.72. The summed E-state index contributed by atoms with van der Waals surface area (Å²) in [5.41, 5.74) is 4.04. The minimum atomic E-state index is -3.19. The van der Waals surface area contributed by atoms with E-state index in [0.717, 1.165) is 32.3 Å². The summed E-state index contributed by atoms with van der Waals surface area (Å²) in [6.45, 7) is 10.5. The highest BCUT2D eigenvalue weighted by Crippen LogP contribution is 2.51. The van der Waals surface area contributed by atoms with E-state index in [1.54, 1.807) is 32.3 Å². The molecule has 10 heteroatoms. The lowest BCUT2D eigenvalue weighted by Gasteiger charge is -2.17. The summed E-state index contributed by atoms with van der Waals surface area (Å²) in [6, 6.07) is 15.1. The van der Waals surface area contributed by atoms with E-state index in [4.69, 9.17) is 14.0 Å². The van der Waals surface area contributed by atoms with E-state index in [1.807, 2.05) is 47.0 Å². The average Bonchev–Trinajstić information content (AvgIpc) is 3.48. The second kappa shape index (κ2) is 11.7. The van der Waals surface area contributed by atoms with Gasteiger partial charge in [0, 0.05) is 17.2 Å². The smallest absolute Gasteiger partial charge is 0.323 e. The van der Waals surface area contributed by atoms with Gasteiger partial charge in [-0.1, -0.05) is 56.4 Å². The van der Waals surface area contributed by atoms with Gasteiger partial charge in [-0.3, -0.25) is 13.9 Å². The Morgan fingerprint density at radius 1 is 1.08 bits per heavy atom. The van der Waals surface area contributed by atoms with Gasteiger partial charge in [-0.05, 0) is 49.8 Å². The van der Waals surface area contributed by atoms with Gasteiger partial charge >= 0.3 is 7.60 Å². The second-order valence-corrected chi connectivity index (χ2v) is 12.8. The minimum absolute atomic E-state index is 0.179. The van der Waals surface area contributed by atoms with Crippen molar-refractivity contribution in [2.45, 2.75) is 46.2 Å². The Kier molecular flexibility index (Phi) is 8.63. The number of benzene rings is 2. The van der Waals surface area contributed by atoms with Crippen LogP contribution in [0, 0.1) is 0 Å². The molecule has 8 nitrogen and oxygen atoms in total. The van der Waals surface area contributed by atoms with Gasteiger partial charge in [-0.15, -0.1) is 0 Å². The summed E-state index contributed by atoms with van der Waals surface area (Å²) in [5.74, 6) is -0.255. The van der Waals surface area contributed by atoms with E-state index in [-0.39, 0.29) is 17.5 Å². The summed E-state index contributed by atoms with van der Waals surface area (Å²) in [4.78, 5) is 23.0. The zero-order valence-corrected chi connectivity index (χ0v) is 24.0. The monoisotopic (exact) mass is 552 g/mol. The fourth-order valence-corrected chi connectivity index (χ4v) is 6.82. The van der Waals surface area contributed by atoms with Crippen LogP contribution in [0.15, 0.2) is 60.9 Å². The maximum absolute atomic E-state index is 12.8. The van der Waals surface area contributed by atoms with Crippen LogP contribution in [0.2, 0.25) is 0 Å². The van der Waals surface area contributed by atoms with Crippen LogP contribution < -0.4 is 5.32 Å². The molecule has 0 aliphatic rings. The van der Waals surface area contributed by atoms with E-state index >= 15 is 0 Å². The zero-order chi connectivity index (χ0) is 27.3. The van der Waals surface area contributed by atoms with Gasteiger partial charge in [-0.25, -0.2) is 9.97 Å². The number of fused-ring (bicyclic) bond motifs is 1. The van der Waals surface area contributed by atoms with Crippen molar-refractivity contribution in [2.24, 2.45) is 0 Å². The average molecular weight is 553 g/mol. The summed E-state index contributed by atoms with van der Waals surface area (Å²) in [7, 11) is -3.19. The van der Waals surface area contributed by atoms with Gasteiger partial charge in [0.1, 0.15) is 6.33 Å². The van der Waals surface area contributed by atoms with Crippen LogP contribution in [0.25, 0.3) is 22.2 Å². The molecular formula is C28H33N4O4PS. The first kappa shape index (κ1) is 27.9. The maximum Gasteiger partial charge on any atom is 0.335 e. The van der Waals surface area contributed by atoms with Crippen molar-refractivity contribution in [2.75, 3.05) is 18.5 Å². The molecule has 1 amide bonds. The first-order valence-electron chi connectivity index (χ1n) is 12.5. The number of imidazole rings is 1. The van der Waals surface area contributed by atoms with Crippen molar-refractivity contribution < 1.29 is 18.4 Å². The van der Waals surface area contributed by atoms with Crippen molar-refractivity contribution in [3.63, 3.8) is 0 Å². The Morgan fingerprint density at radius 3 is 2.42 bits per heavy atom. The second-order valence-electron chi connectivity index (χ2n) is 9.69. The molecule has 38 heavy (non-hydrogen) atoms. The van der Waals surface area contributed by atoms with Crippen LogP contribution in [0.4, 0.5) is 5.69 Å². The first-order chi connectivity index (χ1) is 18.1. The normalized spacial score (nSPS) is 12.4. The molecule has 1 N–H and O–H groups in total. The van der Waals surface area contributed by atoms with E-state index in [1.165, 1.54) is 17.4 Å². The lowest BCUT2D eigenvalue weighted by molar-refractivity contribution is -0.111. The lowest BCUT2D eigenvalue weighted by Crippen LogP contribution is -2.13. The molecule has 0 spiro atoms. The molecule has 0 aliphatic heterocycles. The van der Waals surface area contributed by atoms with Crippen molar-refractivity contribution >= 4 is 47.6 Å². The fraction of sp³-hybridized carbons (Fsp3) is 0.321. The number of nitrogens with one attached hydrogen (secondary N) is 1. The van der Waals surface area contributed by atoms with E-state index in [0.29, 0.717) is 18.9 Å². The van der Waals surface area contributed by atoms with Crippen molar-refractivity contribution in [3.8, 4) is 5.13 Å². The van der Waals surface area contributed by atoms with Crippen LogP contribution in [-0.4, -0.2) is 33.7 Å². The fourth-order valence-electron chi connectivity index (χ4n) is 3.96. The number of amides is 1. The molecule has 2 aromatic carbocycles. The van der Waals surface area contributed by atoms with E-state index in [9.17, 15) is 9.36 Å². The molecular weight excluding hydrogens is 519 g/mol. The molecule has 0 unspecified atom stereocenters. The maximum atomic E-state index is 12.8. The first-order valence-corrected chi connectivity index (χ1v) is 15.1. The third kappa shape index (κ3) is 6.66. The van der Waals surface area contributed by atoms with Crippen LogP contribution >= 0.6 is 18.9 Å². The molecule has 0 aliphatic carbocycles. The number of carbonyl (C=O) groups excluding carboxylic acids is 1. The summed E-state index contributed by atoms with van der Waals surface area (Å²) >= 11 is 1.52. The molecule has 0 saturated heterocycles. The Hall–Kier alpha value is -3.10. The summed E-state index contributed by atoms with van der Waals surface area (Å²) < 4.78 is 25.5. The molecule has 4 rings (SSSR count). The zero-order valence-electron chi connectivity index (χ0n) is 22.3. The summed E-state index contributed by atoms with van der Waals surface area (Å²) in [5, 5.41) is 3.68. The minimum Gasteiger partial charge on any atom is -0.323 e. The Bertz CT molecular complexity index is 1470. The number of nitrogens with zero attached hydrogens (tertiary/aromatic N) is 3. The van der Waals surface area contributed by atoms with Crippen molar-refractivity contribution in [1.82, 2.24) is 14.5 Å². The predicted octanol–water partition coefficient (Wildman–Crippen LogP) is 7.20. The Morgan fingerprint density at radius 2 is 1.76 bits per heavy atom. The highest BCUT2D eigenvalue weighted by Gasteiger charge is 2.25. The van der Waals surface area contributed by atoms with Gasteiger partial charge in [0.2, 0.25) is 5.91 Å². The molecule has 4 aromatic rings. The SMILES string of the molecule is CCOP(=O)(Cc1ccc(NC(=O)/C=C/c2sc(-n3cnc4ccccc43)nc2C(C)(C)C)cc1)OCC. The quantitative estimate of drug-likeness (QED) is 0.165. The summed E-state index contributed by atoms with van der Waals surface area (Å²) in [6.07, 6.45) is 5.29. The number of anilines is 1. The van der Waals surface area contributed by atoms with E-state index in [2.05, 4.69) is 31.1 Å². The van der Waals surface area contributed by atoms with Gasteiger partial charge in [-0.2, -0.15) is 0 Å². The third-order valence-electron chi connectivity index (χ3n) is 5.65. The van der Waals surface area contributed by atoms with Crippen LogP contribution in [0.3, 0.4) is 0 Å². The highest BCUT2D eigenvalue weighted by atomic mass is 32.1. The van der Waals surface area contributed by atoms with Gasteiger partial charge < -0.3 is 14.4 Å². The van der Waals surface area contributed by atoms with E-state index < -0.39 is 7.60 Å². The standard InChI is InChI=1S/C28H33N4O4PS/c1-6-35-37(34,36-7-2)18-20-12-14-21(15-13-20)30-25(33)17-16-24-26(28(3,4)5)31-27(38-24)32-19-29-22-10-8-9-11-23(22)32/h8-17,19H,6-7,18H2,1-5H3,(H,30,33)/b17-16+. The molecule has 0 saturated carbocycles. The number of para-hydroxylation sites is 2. The van der Waals surface area contributed by atoms with Crippen molar-refractivity contribution in [3.05, 3.63) is 77.1 Å². The molecule has 0 bridgehead atoms. The molecule has 2 aromatic heterocycles. The number of thiazole rings is 1. The molecule has 2 heterocycles. The van der Waals surface area contributed by atoms with Crippen LogP contribution in [-0.2, 0) is 30.0 Å². The number of carbonyl (C=O) groups is 1. The number of hydrogen-bond acceptors (Lipinski definition) is 7.